The van der Waals surface area contributed by atoms with Gasteiger partial charge in [0.2, 0.25) is 0 Å². The molecule has 0 radical (unpaired) electrons. The van der Waals surface area contributed by atoms with E-state index in [1.807, 2.05) is 18.2 Å². The van der Waals surface area contributed by atoms with E-state index in [1.165, 1.54) is 5.39 Å². The number of para-hydroxylation sites is 1. The van der Waals surface area contributed by atoms with Crippen LogP contribution >= 0.6 is 0 Å². The maximum atomic E-state index is 5.72. The van der Waals surface area contributed by atoms with E-state index in [-0.39, 0.29) is 0 Å². The van der Waals surface area contributed by atoms with Gasteiger partial charge in [0.15, 0.2) is 0 Å². The number of benzene rings is 2. The largest absolute Gasteiger partial charge is 0.358 e. The van der Waals surface area contributed by atoms with Gasteiger partial charge in [-0.2, -0.15) is 0 Å². The zero-order valence-corrected chi connectivity index (χ0v) is 12.5. The molecule has 2 aromatic carbocycles. The lowest BCUT2D eigenvalue weighted by Gasteiger charge is -2.10. The third kappa shape index (κ3) is 2.58. The summed E-state index contributed by atoms with van der Waals surface area (Å²) in [6, 6.07) is 16.7. The number of aromatic nitrogens is 3. The number of anilines is 1. The lowest BCUT2D eigenvalue weighted by Crippen LogP contribution is -2.09. The molecule has 0 bridgehead atoms. The summed E-state index contributed by atoms with van der Waals surface area (Å²) in [5.74, 6) is 5.72. The van der Waals surface area contributed by atoms with E-state index in [9.17, 15) is 0 Å². The summed E-state index contributed by atoms with van der Waals surface area (Å²) in [6.07, 6.45) is 4.26. The van der Waals surface area contributed by atoms with Crippen LogP contribution in [0, 0.1) is 0 Å². The molecule has 0 aliphatic heterocycles. The topological polar surface area (TPSA) is 82.5 Å². The molecular formula is C18H17N5. The molecule has 0 atom stereocenters. The van der Waals surface area contributed by atoms with Gasteiger partial charge in [-0.3, -0.25) is 5.84 Å². The first-order valence-corrected chi connectivity index (χ1v) is 7.48. The van der Waals surface area contributed by atoms with E-state index in [2.05, 4.69) is 50.7 Å². The Morgan fingerprint density at radius 1 is 1.09 bits per heavy atom. The highest BCUT2D eigenvalue weighted by Gasteiger charge is 2.08. The van der Waals surface area contributed by atoms with Crippen LogP contribution in [0.2, 0.25) is 0 Å². The van der Waals surface area contributed by atoms with Crippen molar-refractivity contribution in [1.29, 1.82) is 0 Å². The van der Waals surface area contributed by atoms with Crippen LogP contribution in [-0.4, -0.2) is 15.0 Å². The quantitative estimate of drug-likeness (QED) is 0.344. The zero-order chi connectivity index (χ0) is 15.6. The minimum Gasteiger partial charge on any atom is -0.358 e. The Morgan fingerprint density at radius 3 is 2.78 bits per heavy atom. The number of rotatable bonds is 4. The molecule has 23 heavy (non-hydrogen) atoms. The van der Waals surface area contributed by atoms with Crippen LogP contribution in [0.25, 0.3) is 22.2 Å². The second kappa shape index (κ2) is 5.62. The summed E-state index contributed by atoms with van der Waals surface area (Å²) in [4.78, 5) is 10.6. The molecule has 0 spiro atoms. The molecule has 0 aliphatic rings. The first kappa shape index (κ1) is 13.6. The Labute approximate surface area is 133 Å². The van der Waals surface area contributed by atoms with Crippen LogP contribution in [0.4, 0.5) is 5.69 Å². The molecule has 4 aromatic rings. The predicted octanol–water partition coefficient (Wildman–Crippen LogP) is 3.43. The summed E-state index contributed by atoms with van der Waals surface area (Å²) in [5, 5.41) is 1.22. The molecule has 0 saturated carbocycles. The maximum absolute atomic E-state index is 5.72. The third-order valence-electron chi connectivity index (χ3n) is 4.04. The van der Waals surface area contributed by atoms with Crippen molar-refractivity contribution >= 4 is 16.6 Å². The highest BCUT2D eigenvalue weighted by molar-refractivity contribution is 5.80. The van der Waals surface area contributed by atoms with Gasteiger partial charge in [0.05, 0.1) is 23.9 Å². The van der Waals surface area contributed by atoms with Gasteiger partial charge >= 0.3 is 0 Å². The van der Waals surface area contributed by atoms with E-state index >= 15 is 0 Å². The summed E-state index contributed by atoms with van der Waals surface area (Å²) in [6.45, 7) is 0. The smallest absolute Gasteiger partial charge is 0.0924 e. The molecule has 114 valence electrons. The molecule has 2 aromatic heterocycles. The van der Waals surface area contributed by atoms with Gasteiger partial charge < -0.3 is 15.4 Å². The molecule has 0 amide bonds. The van der Waals surface area contributed by atoms with Gasteiger partial charge in [0, 0.05) is 23.2 Å². The Morgan fingerprint density at radius 2 is 2.00 bits per heavy atom. The first-order chi connectivity index (χ1) is 11.3. The third-order valence-corrected chi connectivity index (χ3v) is 4.04. The number of nitrogen functional groups attached to an aromatic ring is 1. The van der Waals surface area contributed by atoms with Gasteiger partial charge in [-0.1, -0.05) is 30.3 Å². The Hall–Kier alpha value is -3.05. The van der Waals surface area contributed by atoms with Crippen LogP contribution in [-0.2, 0) is 6.42 Å². The molecular weight excluding hydrogens is 286 g/mol. The fraction of sp³-hybridized carbons (Fsp3) is 0.0556. The molecule has 4 rings (SSSR count). The van der Waals surface area contributed by atoms with Gasteiger partial charge in [-0.25, -0.2) is 4.98 Å². The second-order valence-corrected chi connectivity index (χ2v) is 5.54. The number of hydrogen-bond donors (Lipinski definition) is 4. The number of imidazole rings is 1. The summed E-state index contributed by atoms with van der Waals surface area (Å²) in [5.41, 5.74) is 9.20. The van der Waals surface area contributed by atoms with E-state index in [0.29, 0.717) is 0 Å². The van der Waals surface area contributed by atoms with E-state index in [1.54, 1.807) is 12.5 Å². The number of hydrogen-bond acceptors (Lipinski definition) is 3. The minimum atomic E-state index is 0.789. The number of hydrazine groups is 1. The number of nitrogens with zero attached hydrogens (tertiary/aromatic N) is 1. The van der Waals surface area contributed by atoms with Crippen LogP contribution in [0.15, 0.2) is 61.1 Å². The fourth-order valence-corrected chi connectivity index (χ4v) is 2.88. The van der Waals surface area contributed by atoms with Crippen LogP contribution in [0.5, 0.6) is 0 Å². The maximum Gasteiger partial charge on any atom is 0.0924 e. The van der Waals surface area contributed by atoms with Crippen LogP contribution < -0.4 is 11.3 Å². The minimum absolute atomic E-state index is 0.789. The predicted molar refractivity (Wildman–Crippen MR) is 92.9 cm³/mol. The van der Waals surface area contributed by atoms with Crippen molar-refractivity contribution in [3.05, 3.63) is 72.3 Å². The highest BCUT2D eigenvalue weighted by Crippen LogP contribution is 2.26. The van der Waals surface area contributed by atoms with Crippen molar-refractivity contribution < 1.29 is 0 Å². The number of fused-ring (bicyclic) bond motifs is 1. The Balaban J connectivity index is 1.68. The van der Waals surface area contributed by atoms with Gasteiger partial charge in [-0.05, 0) is 29.1 Å². The number of H-pyrrole nitrogens is 2. The van der Waals surface area contributed by atoms with Crippen LogP contribution in [0.1, 0.15) is 11.3 Å². The van der Waals surface area contributed by atoms with Gasteiger partial charge in [-0.15, -0.1) is 0 Å². The van der Waals surface area contributed by atoms with Crippen molar-refractivity contribution in [2.24, 2.45) is 5.84 Å². The standard InChI is InChI=1S/C18H17N5/c19-23-17-9-14(18-10-20-11-21-18)6-5-13(17)8-15-7-12-3-1-2-4-16(12)22-15/h1-7,9-11,22-23H,8,19H2,(H,20,21). The SMILES string of the molecule is NNc1cc(-c2cnc[nH]2)ccc1Cc1cc2ccccc2[nH]1. The Bertz CT molecular complexity index is 904. The van der Waals surface area contributed by atoms with Crippen molar-refractivity contribution in [3.8, 4) is 11.3 Å². The Kier molecular flexibility index (Phi) is 3.33. The van der Waals surface area contributed by atoms with E-state index in [4.69, 9.17) is 5.84 Å². The summed E-state index contributed by atoms with van der Waals surface area (Å²) < 4.78 is 0. The van der Waals surface area contributed by atoms with E-state index < -0.39 is 0 Å². The number of aromatic amines is 2. The van der Waals surface area contributed by atoms with Gasteiger partial charge in [0.1, 0.15) is 0 Å². The highest BCUT2D eigenvalue weighted by atomic mass is 15.2. The molecule has 2 heterocycles. The number of nitrogens with two attached hydrogens (primary N) is 1. The molecule has 5 N–H and O–H groups in total. The van der Waals surface area contributed by atoms with Crippen molar-refractivity contribution in [2.75, 3.05) is 5.43 Å². The molecule has 0 fully saturated rings. The molecule has 0 saturated heterocycles. The fourth-order valence-electron chi connectivity index (χ4n) is 2.88. The normalized spacial score (nSPS) is 11.0. The molecule has 0 aliphatic carbocycles. The molecule has 5 nitrogen and oxygen atoms in total. The first-order valence-electron chi connectivity index (χ1n) is 7.48. The number of nitrogens with one attached hydrogen (secondary N) is 3. The van der Waals surface area contributed by atoms with Crippen molar-refractivity contribution in [2.45, 2.75) is 6.42 Å². The summed E-state index contributed by atoms with van der Waals surface area (Å²) >= 11 is 0. The van der Waals surface area contributed by atoms with Crippen molar-refractivity contribution in [1.82, 2.24) is 15.0 Å². The zero-order valence-electron chi connectivity index (χ0n) is 12.5. The van der Waals surface area contributed by atoms with Crippen LogP contribution in [0.3, 0.4) is 0 Å². The molecule has 0 unspecified atom stereocenters. The van der Waals surface area contributed by atoms with Crippen molar-refractivity contribution in [3.63, 3.8) is 0 Å². The average molecular weight is 303 g/mol. The second-order valence-electron chi connectivity index (χ2n) is 5.54. The summed E-state index contributed by atoms with van der Waals surface area (Å²) in [7, 11) is 0. The lowest BCUT2D eigenvalue weighted by molar-refractivity contribution is 1.11. The van der Waals surface area contributed by atoms with E-state index in [0.717, 1.165) is 40.1 Å². The average Bonchev–Trinajstić information content (AvgIpc) is 3.24. The van der Waals surface area contributed by atoms with Gasteiger partial charge in [0.25, 0.3) is 0 Å². The molecule has 5 heteroatoms. The monoisotopic (exact) mass is 303 g/mol. The lowest BCUT2D eigenvalue weighted by atomic mass is 10.0.